The molecule has 0 spiro atoms. The topological polar surface area (TPSA) is 141 Å². The van der Waals surface area contributed by atoms with Gasteiger partial charge in [0.05, 0.1) is 13.2 Å². The van der Waals surface area contributed by atoms with Crippen molar-refractivity contribution in [3.05, 3.63) is 0 Å². The van der Waals surface area contributed by atoms with Crippen LogP contribution in [0.15, 0.2) is 0 Å². The summed E-state index contributed by atoms with van der Waals surface area (Å²) in [5.41, 5.74) is 0. The van der Waals surface area contributed by atoms with Gasteiger partial charge < -0.3 is 28.4 Å². The highest BCUT2D eigenvalue weighted by molar-refractivity contribution is 5.70. The molecule has 11 nitrogen and oxygen atoms in total. The maximum atomic E-state index is 11.9. The van der Waals surface area contributed by atoms with E-state index < -0.39 is 94.6 Å². The molecule has 1 aliphatic heterocycles. The van der Waals surface area contributed by atoms with E-state index in [9.17, 15) is 24.0 Å². The van der Waals surface area contributed by atoms with Gasteiger partial charge in [-0.15, -0.1) is 0 Å². The number of esters is 5. The van der Waals surface area contributed by atoms with E-state index in [1.54, 1.807) is 0 Å². The first-order valence-electron chi connectivity index (χ1n) is 11.2. The van der Waals surface area contributed by atoms with Crippen molar-refractivity contribution >= 4 is 29.8 Å². The molecule has 1 fully saturated rings. The molecule has 0 aliphatic carbocycles. The van der Waals surface area contributed by atoms with Crippen molar-refractivity contribution < 1.29 is 57.9 Å². The smallest absolute Gasteiger partial charge is 0.305 e. The van der Waals surface area contributed by atoms with Crippen LogP contribution in [0, 0.1) is 0 Å². The summed E-state index contributed by atoms with van der Waals surface area (Å²) in [5, 5.41) is 0. The van der Waals surface area contributed by atoms with Crippen molar-refractivity contribution in [2.24, 2.45) is 0 Å². The molecule has 0 aromatic heterocycles. The van der Waals surface area contributed by atoms with E-state index in [1.165, 1.54) is 0 Å². The lowest BCUT2D eigenvalue weighted by Crippen LogP contribution is -2.62. The number of carbonyl (C=O) groups is 5. The number of ether oxygens (including phenoxy) is 6. The van der Waals surface area contributed by atoms with E-state index in [0.29, 0.717) is 0 Å². The fourth-order valence-electron chi connectivity index (χ4n) is 2.77. The number of hydrogen-bond acceptors (Lipinski definition) is 11. The quantitative estimate of drug-likeness (QED) is 0.387. The Morgan fingerprint density at radius 2 is 1.31 bits per heavy atom. The van der Waals surface area contributed by atoms with E-state index in [-0.39, 0.29) is 12.8 Å². The van der Waals surface area contributed by atoms with E-state index in [2.05, 4.69) is 4.74 Å². The zero-order chi connectivity index (χ0) is 25.0. The van der Waals surface area contributed by atoms with Crippen molar-refractivity contribution in [3.63, 3.8) is 0 Å². The van der Waals surface area contributed by atoms with Gasteiger partial charge >= 0.3 is 29.8 Å². The molecule has 1 saturated heterocycles. The molecule has 11 heteroatoms. The highest BCUT2D eigenvalue weighted by Crippen LogP contribution is 2.31. The summed E-state index contributed by atoms with van der Waals surface area (Å²) >= 11 is 0. The first-order valence-corrected chi connectivity index (χ1v) is 8.33. The zero-order valence-electron chi connectivity index (χ0n) is 19.8. The Hall–Kier alpha value is -2.69. The van der Waals surface area contributed by atoms with Crippen LogP contribution in [0.4, 0.5) is 0 Å². The number of methoxy groups -OCH3 is 1. The van der Waals surface area contributed by atoms with E-state index in [1.807, 2.05) is 0 Å². The summed E-state index contributed by atoms with van der Waals surface area (Å²) in [4.78, 5) is 58.8. The minimum Gasteiger partial charge on any atom is -0.469 e. The lowest BCUT2D eigenvalue weighted by Gasteiger charge is -2.44. The van der Waals surface area contributed by atoms with Crippen molar-refractivity contribution in [1.29, 1.82) is 0 Å². The Bertz CT molecular complexity index is 657. The van der Waals surface area contributed by atoms with Crippen LogP contribution in [-0.2, 0) is 52.4 Å². The Morgan fingerprint density at radius 1 is 0.793 bits per heavy atom. The van der Waals surface area contributed by atoms with Gasteiger partial charge in [-0.1, -0.05) is 0 Å². The second kappa shape index (κ2) is 11.3. The third kappa shape index (κ3) is 8.06. The first kappa shape index (κ1) is 18.3. The van der Waals surface area contributed by atoms with Gasteiger partial charge in [0.1, 0.15) is 12.7 Å². The Labute approximate surface area is 173 Å². The minimum atomic E-state index is -1.56. The maximum Gasteiger partial charge on any atom is 0.305 e. The average Bonchev–Trinajstić information content (AvgIpc) is 2.83. The molecular formula is C18H26O11. The van der Waals surface area contributed by atoms with Crippen molar-refractivity contribution in [2.45, 2.75) is 71.0 Å². The van der Waals surface area contributed by atoms with Gasteiger partial charge in [-0.25, -0.2) is 0 Å². The van der Waals surface area contributed by atoms with Gasteiger partial charge in [0.2, 0.25) is 0 Å². The second-order valence-corrected chi connectivity index (χ2v) is 5.87. The summed E-state index contributed by atoms with van der Waals surface area (Å²) < 4.78 is 59.4. The Balaban J connectivity index is 3.37. The molecular weight excluding hydrogens is 392 g/mol. The van der Waals surface area contributed by atoms with E-state index in [0.717, 1.165) is 7.11 Å². The predicted octanol–water partition coefficient (Wildman–Crippen LogP) is 0.0652. The molecule has 0 amide bonds. The molecule has 1 rings (SSSR count). The average molecular weight is 422 g/mol. The Morgan fingerprint density at radius 3 is 1.83 bits per heavy atom. The molecule has 0 bridgehead atoms. The molecule has 164 valence electrons. The summed E-state index contributed by atoms with van der Waals surface area (Å²) in [6.07, 6.45) is -7.36. The van der Waals surface area contributed by atoms with Crippen molar-refractivity contribution in [2.75, 3.05) is 13.7 Å². The monoisotopic (exact) mass is 422 g/mol. The highest BCUT2D eigenvalue weighted by atomic mass is 16.7. The van der Waals surface area contributed by atoms with Crippen LogP contribution in [0.5, 0.6) is 0 Å². The van der Waals surface area contributed by atoms with Crippen LogP contribution >= 0.6 is 0 Å². The second-order valence-electron chi connectivity index (χ2n) is 5.87. The van der Waals surface area contributed by atoms with Crippen LogP contribution in [0.2, 0.25) is 0 Å². The SMILES string of the molecule is [2H]CC(=O)OC[C@H]1OC(CCC(=O)OC)[C@@H](OC(=O)C[2H])[C@@H](OC(=O)C[2H])[C@@H]1OC(=O)C[2H]. The predicted molar refractivity (Wildman–Crippen MR) is 93.2 cm³/mol. The van der Waals surface area contributed by atoms with Crippen LogP contribution < -0.4 is 0 Å². The standard InChI is InChI=1S/C18H26O11/c1-9(19)25-8-14-17(27-11(3)21)18(28-12(4)22)16(26-10(2)20)13(29-14)6-7-15(23)24-5/h13-14,16-18H,6-8H2,1-5H3/t13?,14-,16-,17-,18-/m1/s1/i1D,2D,3D,4D. The van der Waals surface area contributed by atoms with Gasteiger partial charge in [-0.05, 0) is 6.42 Å². The fraction of sp³-hybridized carbons (Fsp3) is 0.722. The third-order valence-electron chi connectivity index (χ3n) is 3.80. The summed E-state index contributed by atoms with van der Waals surface area (Å²) in [7, 11) is 1.15. The third-order valence-corrected chi connectivity index (χ3v) is 3.80. The van der Waals surface area contributed by atoms with Crippen LogP contribution in [0.25, 0.3) is 0 Å². The summed E-state index contributed by atoms with van der Waals surface area (Å²) in [6, 6.07) is 0. The van der Waals surface area contributed by atoms with E-state index in [4.69, 9.17) is 29.2 Å². The molecule has 5 atom stereocenters. The first-order chi connectivity index (χ1) is 15.7. The number of hydrogen-bond donors (Lipinski definition) is 0. The molecule has 29 heavy (non-hydrogen) atoms. The lowest BCUT2D eigenvalue weighted by atomic mass is 9.92. The van der Waals surface area contributed by atoms with Crippen molar-refractivity contribution in [1.82, 2.24) is 0 Å². The summed E-state index contributed by atoms with van der Waals surface area (Å²) in [6.45, 7) is -3.73. The van der Waals surface area contributed by atoms with Gasteiger partial charge in [0.25, 0.3) is 0 Å². The molecule has 0 aromatic rings. The minimum absolute atomic E-state index is 0.125. The molecule has 0 radical (unpaired) electrons. The zero-order valence-corrected chi connectivity index (χ0v) is 15.8. The normalized spacial score (nSPS) is 27.8. The number of carbonyl (C=O) groups excluding carboxylic acids is 5. The molecule has 1 unspecified atom stereocenters. The van der Waals surface area contributed by atoms with Gasteiger partial charge in [0, 0.05) is 39.5 Å². The van der Waals surface area contributed by atoms with Crippen LogP contribution in [0.3, 0.4) is 0 Å². The molecule has 0 N–H and O–H groups in total. The Kier molecular flexibility index (Phi) is 7.18. The van der Waals surface area contributed by atoms with E-state index >= 15 is 0 Å². The van der Waals surface area contributed by atoms with Gasteiger partial charge in [0.15, 0.2) is 18.3 Å². The highest BCUT2D eigenvalue weighted by Gasteiger charge is 2.51. The molecule has 1 aliphatic rings. The van der Waals surface area contributed by atoms with Gasteiger partial charge in [-0.2, -0.15) is 0 Å². The van der Waals surface area contributed by atoms with Crippen LogP contribution in [0.1, 0.15) is 45.9 Å². The van der Waals surface area contributed by atoms with Crippen molar-refractivity contribution in [3.8, 4) is 0 Å². The molecule has 0 saturated carbocycles. The largest absolute Gasteiger partial charge is 0.469 e. The lowest BCUT2D eigenvalue weighted by molar-refractivity contribution is -0.253. The van der Waals surface area contributed by atoms with Gasteiger partial charge in [-0.3, -0.25) is 24.0 Å². The maximum absolute atomic E-state index is 11.9. The number of rotatable bonds is 8. The summed E-state index contributed by atoms with van der Waals surface area (Å²) in [5.74, 6) is -4.75. The molecule has 1 heterocycles. The molecule has 0 aromatic carbocycles. The fourth-order valence-corrected chi connectivity index (χ4v) is 2.77. The van der Waals surface area contributed by atoms with Crippen LogP contribution in [-0.4, -0.2) is 74.1 Å².